The van der Waals surface area contributed by atoms with Crippen molar-refractivity contribution in [1.29, 1.82) is 0 Å². The maximum atomic E-state index is 11.0. The van der Waals surface area contributed by atoms with Crippen molar-refractivity contribution in [3.05, 3.63) is 0 Å². The smallest absolute Gasteiger partial charge is 0.306 e. The van der Waals surface area contributed by atoms with Gasteiger partial charge in [-0.2, -0.15) is 0 Å². The zero-order chi connectivity index (χ0) is 12.1. The van der Waals surface area contributed by atoms with Gasteiger partial charge in [0.15, 0.2) is 6.61 Å². The molecule has 0 spiro atoms. The van der Waals surface area contributed by atoms with Gasteiger partial charge in [-0.3, -0.25) is 4.79 Å². The van der Waals surface area contributed by atoms with Crippen LogP contribution < -0.4 is 5.73 Å². The van der Waals surface area contributed by atoms with Crippen LogP contribution in [0.15, 0.2) is 0 Å². The Hall–Kier alpha value is -1.01. The molecule has 0 saturated carbocycles. The zero-order valence-corrected chi connectivity index (χ0v) is 10.3. The lowest BCUT2D eigenvalue weighted by Gasteiger charge is -1.98. The van der Waals surface area contributed by atoms with Crippen LogP contribution >= 0.6 is 0 Å². The van der Waals surface area contributed by atoms with Gasteiger partial charge in [-0.1, -0.05) is 38.0 Å². The summed E-state index contributed by atoms with van der Waals surface area (Å²) in [4.78, 5) is 11.0. The molecule has 3 nitrogen and oxygen atoms in total. The fraction of sp³-hybridized carbons (Fsp3) is 0.769. The fourth-order valence-electron chi connectivity index (χ4n) is 1.21. The molecule has 0 aromatic carbocycles. The number of ether oxygens (including phenoxy) is 1. The molecular formula is C13H23NO2. The first-order chi connectivity index (χ1) is 7.81. The van der Waals surface area contributed by atoms with Gasteiger partial charge in [0.05, 0.1) is 0 Å². The summed E-state index contributed by atoms with van der Waals surface area (Å²) in [5, 5.41) is 0. The minimum atomic E-state index is -0.203. The molecule has 92 valence electrons. The van der Waals surface area contributed by atoms with Crippen LogP contribution in [-0.2, 0) is 9.53 Å². The molecule has 0 amide bonds. The molecule has 0 aliphatic rings. The number of esters is 1. The predicted octanol–water partition coefficient (Wildman–Crippen LogP) is 2.24. The number of hydrogen-bond donors (Lipinski definition) is 1. The number of hydrogen-bond acceptors (Lipinski definition) is 3. The molecule has 0 aromatic rings. The van der Waals surface area contributed by atoms with Crippen LogP contribution in [0.5, 0.6) is 0 Å². The minimum Gasteiger partial charge on any atom is -0.452 e. The van der Waals surface area contributed by atoms with Gasteiger partial charge in [0, 0.05) is 12.8 Å². The molecule has 0 bridgehead atoms. The summed E-state index contributed by atoms with van der Waals surface area (Å²) in [7, 11) is 0. The Bertz CT molecular complexity index is 228. The van der Waals surface area contributed by atoms with Crippen molar-refractivity contribution >= 4 is 5.97 Å². The third kappa shape index (κ3) is 11.1. The van der Waals surface area contributed by atoms with E-state index in [2.05, 4.69) is 18.8 Å². The molecule has 0 aromatic heterocycles. The minimum absolute atomic E-state index is 0.203. The summed E-state index contributed by atoms with van der Waals surface area (Å²) in [5.74, 6) is 5.65. The van der Waals surface area contributed by atoms with Crippen molar-refractivity contribution in [2.75, 3.05) is 13.2 Å². The predicted molar refractivity (Wildman–Crippen MR) is 65.8 cm³/mol. The van der Waals surface area contributed by atoms with Crippen LogP contribution in [-0.4, -0.2) is 19.1 Å². The van der Waals surface area contributed by atoms with Crippen LogP contribution in [0.4, 0.5) is 0 Å². The lowest BCUT2D eigenvalue weighted by atomic mass is 10.2. The third-order valence-corrected chi connectivity index (χ3v) is 2.17. The van der Waals surface area contributed by atoms with Gasteiger partial charge in [-0.15, -0.1) is 0 Å². The van der Waals surface area contributed by atoms with E-state index >= 15 is 0 Å². The molecule has 16 heavy (non-hydrogen) atoms. The molecule has 0 heterocycles. The average Bonchev–Trinajstić information content (AvgIpc) is 2.30. The molecular weight excluding hydrogens is 202 g/mol. The molecule has 0 rings (SSSR count). The van der Waals surface area contributed by atoms with Crippen molar-refractivity contribution < 1.29 is 9.53 Å². The first-order valence-electron chi connectivity index (χ1n) is 6.12. The van der Waals surface area contributed by atoms with E-state index in [0.29, 0.717) is 19.4 Å². The maximum absolute atomic E-state index is 11.0. The van der Waals surface area contributed by atoms with E-state index in [0.717, 1.165) is 12.8 Å². The van der Waals surface area contributed by atoms with Crippen molar-refractivity contribution in [3.63, 3.8) is 0 Å². The Morgan fingerprint density at radius 3 is 2.69 bits per heavy atom. The summed E-state index contributed by atoms with van der Waals surface area (Å²) >= 11 is 0. The number of nitrogens with two attached hydrogens (primary N) is 1. The normalized spacial score (nSPS) is 9.38. The van der Waals surface area contributed by atoms with E-state index in [4.69, 9.17) is 10.5 Å². The molecule has 0 fully saturated rings. The van der Waals surface area contributed by atoms with Crippen molar-refractivity contribution in [1.82, 2.24) is 0 Å². The maximum Gasteiger partial charge on any atom is 0.306 e. The van der Waals surface area contributed by atoms with Crippen LogP contribution in [0, 0.1) is 11.8 Å². The number of rotatable bonds is 8. The monoisotopic (exact) mass is 225 g/mol. The molecule has 3 heteroatoms. The number of carbonyl (C=O) groups is 1. The fourth-order valence-corrected chi connectivity index (χ4v) is 1.21. The lowest BCUT2D eigenvalue weighted by molar-refractivity contribution is -0.142. The Morgan fingerprint density at radius 2 is 2.00 bits per heavy atom. The van der Waals surface area contributed by atoms with Crippen LogP contribution in [0.1, 0.15) is 51.9 Å². The zero-order valence-electron chi connectivity index (χ0n) is 10.3. The lowest BCUT2D eigenvalue weighted by Crippen LogP contribution is -2.08. The first-order valence-corrected chi connectivity index (χ1v) is 6.12. The highest BCUT2D eigenvalue weighted by Crippen LogP contribution is 2.00. The van der Waals surface area contributed by atoms with Gasteiger partial charge < -0.3 is 10.5 Å². The molecule has 0 atom stereocenters. The standard InChI is InChI=1S/C13H23NO2/c1-2-3-4-5-6-7-8-12-16-13(15)10-9-11-14/h2-6,9-12,14H2,1H3. The molecule has 0 aliphatic heterocycles. The second-order valence-electron chi connectivity index (χ2n) is 3.72. The highest BCUT2D eigenvalue weighted by atomic mass is 16.5. The van der Waals surface area contributed by atoms with E-state index in [-0.39, 0.29) is 12.6 Å². The Morgan fingerprint density at radius 1 is 1.19 bits per heavy atom. The SMILES string of the molecule is CCCCCCC#CCOC(=O)CCCN. The third-order valence-electron chi connectivity index (χ3n) is 2.17. The van der Waals surface area contributed by atoms with Crippen LogP contribution in [0.2, 0.25) is 0 Å². The Labute approximate surface area is 98.7 Å². The second-order valence-corrected chi connectivity index (χ2v) is 3.72. The average molecular weight is 225 g/mol. The van der Waals surface area contributed by atoms with Gasteiger partial charge in [0.25, 0.3) is 0 Å². The van der Waals surface area contributed by atoms with E-state index in [1.165, 1.54) is 19.3 Å². The molecule has 2 N–H and O–H groups in total. The quantitative estimate of drug-likeness (QED) is 0.391. The van der Waals surface area contributed by atoms with E-state index in [1.54, 1.807) is 0 Å². The van der Waals surface area contributed by atoms with Crippen molar-refractivity contribution in [2.45, 2.75) is 51.9 Å². The first kappa shape index (κ1) is 15.0. The van der Waals surface area contributed by atoms with E-state index in [9.17, 15) is 4.79 Å². The Balaban J connectivity index is 3.29. The highest BCUT2D eigenvalue weighted by molar-refractivity contribution is 5.69. The summed E-state index contributed by atoms with van der Waals surface area (Å²) < 4.78 is 4.90. The number of carbonyl (C=O) groups excluding carboxylic acids is 1. The van der Waals surface area contributed by atoms with E-state index in [1.807, 2.05) is 0 Å². The number of unbranched alkanes of at least 4 members (excludes halogenated alkanes) is 4. The Kier molecular flexibility index (Phi) is 11.3. The van der Waals surface area contributed by atoms with Gasteiger partial charge in [0.1, 0.15) is 0 Å². The van der Waals surface area contributed by atoms with Gasteiger partial charge in [-0.05, 0) is 19.4 Å². The summed E-state index contributed by atoms with van der Waals surface area (Å²) in [5.41, 5.74) is 5.28. The van der Waals surface area contributed by atoms with Crippen molar-refractivity contribution in [2.24, 2.45) is 5.73 Å². The summed E-state index contributed by atoms with van der Waals surface area (Å²) in [6, 6.07) is 0. The van der Waals surface area contributed by atoms with E-state index < -0.39 is 0 Å². The van der Waals surface area contributed by atoms with Crippen LogP contribution in [0.25, 0.3) is 0 Å². The molecule has 0 radical (unpaired) electrons. The van der Waals surface area contributed by atoms with Gasteiger partial charge in [-0.25, -0.2) is 0 Å². The molecule has 0 aliphatic carbocycles. The van der Waals surface area contributed by atoms with Gasteiger partial charge >= 0.3 is 5.97 Å². The largest absolute Gasteiger partial charge is 0.452 e. The summed E-state index contributed by atoms with van der Waals surface area (Å²) in [6.07, 6.45) is 6.88. The molecule has 0 unspecified atom stereocenters. The van der Waals surface area contributed by atoms with Crippen LogP contribution in [0.3, 0.4) is 0 Å². The molecule has 0 saturated heterocycles. The van der Waals surface area contributed by atoms with Gasteiger partial charge in [0.2, 0.25) is 0 Å². The van der Waals surface area contributed by atoms with Crippen molar-refractivity contribution in [3.8, 4) is 11.8 Å². The second kappa shape index (κ2) is 12.1. The summed E-state index contributed by atoms with van der Waals surface area (Å²) in [6.45, 7) is 2.93. The highest BCUT2D eigenvalue weighted by Gasteiger charge is 1.98. The topological polar surface area (TPSA) is 52.3 Å².